The number of hydrogen-bond acceptors (Lipinski definition) is 5. The lowest BCUT2D eigenvalue weighted by molar-refractivity contribution is -0.137. The van der Waals surface area contributed by atoms with Crippen LogP contribution in [0.2, 0.25) is 0 Å². The normalized spacial score (nSPS) is 14.3. The summed E-state index contributed by atoms with van der Waals surface area (Å²) in [7, 11) is 0. The Labute approximate surface area is 113 Å². The van der Waals surface area contributed by atoms with Crippen LogP contribution in [0.25, 0.3) is 0 Å². The quantitative estimate of drug-likeness (QED) is 0.929. The molecule has 0 bridgehead atoms. The molecule has 98 valence electrons. The summed E-state index contributed by atoms with van der Waals surface area (Å²) in [6, 6.07) is 5.50. The van der Waals surface area contributed by atoms with Crippen molar-refractivity contribution < 1.29 is 19.4 Å². The molecule has 1 aliphatic heterocycles. The predicted octanol–water partition coefficient (Wildman–Crippen LogP) is 2.48. The molecule has 2 aromatic rings. The summed E-state index contributed by atoms with van der Waals surface area (Å²) >= 11 is 1.45. The van der Waals surface area contributed by atoms with E-state index in [0.29, 0.717) is 11.5 Å². The lowest BCUT2D eigenvalue weighted by Crippen LogP contribution is -2.07. The van der Waals surface area contributed by atoms with Crippen LogP contribution in [-0.2, 0) is 4.79 Å². The number of hydrogen-bond donors (Lipinski definition) is 1. The van der Waals surface area contributed by atoms with Gasteiger partial charge in [0.25, 0.3) is 0 Å². The van der Waals surface area contributed by atoms with Crippen molar-refractivity contribution in [1.29, 1.82) is 0 Å². The van der Waals surface area contributed by atoms with E-state index in [1.54, 1.807) is 12.3 Å². The zero-order valence-electron chi connectivity index (χ0n) is 9.91. The van der Waals surface area contributed by atoms with E-state index >= 15 is 0 Å². The molecule has 1 aromatic carbocycles. The first-order valence-electron chi connectivity index (χ1n) is 5.75. The summed E-state index contributed by atoms with van der Waals surface area (Å²) in [4.78, 5) is 15.3. The van der Waals surface area contributed by atoms with Gasteiger partial charge in [-0.05, 0) is 17.7 Å². The molecule has 0 spiro atoms. The third-order valence-corrected chi connectivity index (χ3v) is 3.82. The highest BCUT2D eigenvalue weighted by molar-refractivity contribution is 7.09. The van der Waals surface area contributed by atoms with Gasteiger partial charge < -0.3 is 14.6 Å². The zero-order chi connectivity index (χ0) is 13.2. The van der Waals surface area contributed by atoms with Gasteiger partial charge in [-0.15, -0.1) is 11.3 Å². The monoisotopic (exact) mass is 277 g/mol. The van der Waals surface area contributed by atoms with Crippen molar-refractivity contribution in [2.45, 2.75) is 12.3 Å². The molecular weight excluding hydrogens is 266 g/mol. The molecular formula is C13H11NO4S. The number of nitrogens with zero attached hydrogens (tertiary/aromatic N) is 1. The highest BCUT2D eigenvalue weighted by atomic mass is 32.1. The van der Waals surface area contributed by atoms with E-state index in [0.717, 1.165) is 10.6 Å². The fraction of sp³-hybridized carbons (Fsp3) is 0.231. The van der Waals surface area contributed by atoms with Crippen molar-refractivity contribution in [3.05, 3.63) is 40.3 Å². The molecule has 1 unspecified atom stereocenters. The van der Waals surface area contributed by atoms with Crippen LogP contribution in [0.15, 0.2) is 29.8 Å². The summed E-state index contributed by atoms with van der Waals surface area (Å²) < 4.78 is 10.6. The average Bonchev–Trinajstić information content (AvgIpc) is 3.06. The molecule has 1 aliphatic rings. The number of carboxylic acids is 1. The minimum atomic E-state index is -0.849. The average molecular weight is 277 g/mol. The van der Waals surface area contributed by atoms with Gasteiger partial charge in [0.1, 0.15) is 5.01 Å². The molecule has 19 heavy (non-hydrogen) atoms. The van der Waals surface area contributed by atoms with Gasteiger partial charge in [0.05, 0.1) is 6.42 Å². The van der Waals surface area contributed by atoms with Crippen molar-refractivity contribution in [3.63, 3.8) is 0 Å². The number of ether oxygens (including phenoxy) is 2. The van der Waals surface area contributed by atoms with Gasteiger partial charge in [0, 0.05) is 17.5 Å². The third kappa shape index (κ3) is 2.39. The summed E-state index contributed by atoms with van der Waals surface area (Å²) in [5.41, 5.74) is 0.876. The van der Waals surface area contributed by atoms with E-state index in [2.05, 4.69) is 4.98 Å². The summed E-state index contributed by atoms with van der Waals surface area (Å²) in [5, 5.41) is 11.7. The van der Waals surface area contributed by atoms with Crippen molar-refractivity contribution in [2.75, 3.05) is 6.79 Å². The number of rotatable bonds is 4. The second-order valence-corrected chi connectivity index (χ2v) is 5.06. The first-order chi connectivity index (χ1) is 9.24. The lowest BCUT2D eigenvalue weighted by Gasteiger charge is -2.13. The van der Waals surface area contributed by atoms with E-state index in [1.165, 1.54) is 11.3 Å². The van der Waals surface area contributed by atoms with Crippen LogP contribution in [0.5, 0.6) is 11.5 Å². The molecule has 1 atom stereocenters. The van der Waals surface area contributed by atoms with E-state index in [-0.39, 0.29) is 19.1 Å². The maximum Gasteiger partial charge on any atom is 0.304 e. The zero-order valence-corrected chi connectivity index (χ0v) is 10.7. The Morgan fingerprint density at radius 1 is 1.42 bits per heavy atom. The molecule has 6 heteroatoms. The Hall–Kier alpha value is -2.08. The molecule has 3 rings (SSSR count). The molecule has 2 heterocycles. The Morgan fingerprint density at radius 3 is 3.00 bits per heavy atom. The fourth-order valence-electron chi connectivity index (χ4n) is 2.06. The van der Waals surface area contributed by atoms with Gasteiger partial charge in [0.2, 0.25) is 6.79 Å². The van der Waals surface area contributed by atoms with Crippen LogP contribution < -0.4 is 9.47 Å². The highest BCUT2D eigenvalue weighted by Crippen LogP contribution is 2.37. The number of fused-ring (bicyclic) bond motifs is 1. The fourth-order valence-corrected chi connectivity index (χ4v) is 2.83. The number of carboxylic acid groups (broad SMARTS) is 1. The van der Waals surface area contributed by atoms with Crippen LogP contribution in [0.4, 0.5) is 0 Å². The van der Waals surface area contributed by atoms with E-state index in [1.807, 2.05) is 17.5 Å². The molecule has 1 N–H and O–H groups in total. The van der Waals surface area contributed by atoms with Gasteiger partial charge in [-0.3, -0.25) is 4.79 Å². The van der Waals surface area contributed by atoms with Gasteiger partial charge in [-0.25, -0.2) is 4.98 Å². The Kier molecular flexibility index (Phi) is 3.08. The number of thiazole rings is 1. The lowest BCUT2D eigenvalue weighted by atomic mass is 9.96. The summed E-state index contributed by atoms with van der Waals surface area (Å²) in [6.07, 6.45) is 1.69. The Balaban J connectivity index is 1.97. The molecule has 0 saturated heterocycles. The van der Waals surface area contributed by atoms with E-state index < -0.39 is 5.97 Å². The van der Waals surface area contributed by atoms with Gasteiger partial charge in [0.15, 0.2) is 11.5 Å². The van der Waals surface area contributed by atoms with E-state index in [4.69, 9.17) is 14.6 Å². The maximum atomic E-state index is 11.0. The highest BCUT2D eigenvalue weighted by Gasteiger charge is 2.23. The number of benzene rings is 1. The minimum Gasteiger partial charge on any atom is -0.481 e. The van der Waals surface area contributed by atoms with Gasteiger partial charge in [-0.2, -0.15) is 0 Å². The number of carbonyl (C=O) groups is 1. The minimum absolute atomic E-state index is 0.00710. The predicted molar refractivity (Wildman–Crippen MR) is 68.8 cm³/mol. The first kappa shape index (κ1) is 12.0. The number of aromatic nitrogens is 1. The summed E-state index contributed by atoms with van der Waals surface area (Å²) in [5.74, 6) is 0.242. The van der Waals surface area contributed by atoms with Gasteiger partial charge >= 0.3 is 5.97 Å². The van der Waals surface area contributed by atoms with Crippen LogP contribution in [0, 0.1) is 0 Å². The van der Waals surface area contributed by atoms with Crippen LogP contribution >= 0.6 is 11.3 Å². The first-order valence-corrected chi connectivity index (χ1v) is 6.63. The van der Waals surface area contributed by atoms with E-state index in [9.17, 15) is 4.79 Å². The smallest absolute Gasteiger partial charge is 0.304 e. The van der Waals surface area contributed by atoms with Crippen molar-refractivity contribution in [3.8, 4) is 11.5 Å². The van der Waals surface area contributed by atoms with Crippen molar-refractivity contribution >= 4 is 17.3 Å². The molecule has 0 radical (unpaired) electrons. The maximum absolute atomic E-state index is 11.0. The molecule has 0 saturated carbocycles. The topological polar surface area (TPSA) is 68.7 Å². The third-order valence-electron chi connectivity index (χ3n) is 2.93. The molecule has 0 aliphatic carbocycles. The second kappa shape index (κ2) is 4.89. The SMILES string of the molecule is O=C(O)CC(c1ccc2c(c1)OCO2)c1nccs1. The largest absolute Gasteiger partial charge is 0.481 e. The van der Waals surface area contributed by atoms with Crippen molar-refractivity contribution in [1.82, 2.24) is 4.98 Å². The second-order valence-electron chi connectivity index (χ2n) is 4.13. The standard InChI is InChI=1S/C13H11NO4S/c15-12(16)6-9(13-14-3-4-19-13)8-1-2-10-11(5-8)18-7-17-10/h1-5,9H,6-7H2,(H,15,16). The van der Waals surface area contributed by atoms with Gasteiger partial charge in [-0.1, -0.05) is 6.07 Å². The van der Waals surface area contributed by atoms with Crippen LogP contribution in [-0.4, -0.2) is 22.9 Å². The molecule has 0 fully saturated rings. The number of aliphatic carboxylic acids is 1. The van der Waals surface area contributed by atoms with Crippen LogP contribution in [0.1, 0.15) is 22.9 Å². The molecule has 0 amide bonds. The Bertz CT molecular complexity index is 597. The Morgan fingerprint density at radius 2 is 2.26 bits per heavy atom. The molecule has 5 nitrogen and oxygen atoms in total. The van der Waals surface area contributed by atoms with Crippen LogP contribution in [0.3, 0.4) is 0 Å². The van der Waals surface area contributed by atoms with Crippen molar-refractivity contribution in [2.24, 2.45) is 0 Å². The summed E-state index contributed by atoms with van der Waals surface area (Å²) in [6.45, 7) is 0.208. The molecule has 1 aromatic heterocycles.